The van der Waals surface area contributed by atoms with Gasteiger partial charge < -0.3 is 28.8 Å². The van der Waals surface area contributed by atoms with Gasteiger partial charge in [0, 0.05) is 23.8 Å². The van der Waals surface area contributed by atoms with Crippen molar-refractivity contribution in [3.05, 3.63) is 0 Å². The van der Waals surface area contributed by atoms with E-state index in [1.165, 1.54) is 164 Å². The van der Waals surface area contributed by atoms with Gasteiger partial charge in [0.25, 0.3) is 0 Å². The van der Waals surface area contributed by atoms with Crippen LogP contribution >= 0.6 is 0 Å². The molecule has 0 spiro atoms. The summed E-state index contributed by atoms with van der Waals surface area (Å²) < 4.78 is 2.84. The average Bonchev–Trinajstić information content (AvgIpc) is 3.83. The van der Waals surface area contributed by atoms with Gasteiger partial charge in [-0.2, -0.15) is 0 Å². The molecule has 1 rings (SSSR count). The van der Waals surface area contributed by atoms with Crippen LogP contribution in [0.2, 0.25) is 0 Å². The number of unbranched alkanes of at least 4 members (excludes halogenated alkanes) is 8. The highest BCUT2D eigenvalue weighted by Crippen LogP contribution is 2.37. The molecule has 6 heteroatoms. The molecule has 1 aliphatic carbocycles. The summed E-state index contributed by atoms with van der Waals surface area (Å²) >= 11 is 0. The van der Waals surface area contributed by atoms with Gasteiger partial charge in [0.2, 0.25) is 0 Å². The van der Waals surface area contributed by atoms with Crippen LogP contribution in [-0.2, 0) is 9.59 Å². The summed E-state index contributed by atoms with van der Waals surface area (Å²) in [6.45, 7) is 30.0. The molecule has 0 aromatic rings. The molecule has 6 nitrogen and oxygen atoms in total. The van der Waals surface area contributed by atoms with Crippen LogP contribution in [-0.4, -0.2) is 73.3 Å². The Hall–Kier alpha value is -1.14. The number of carboxylic acids is 2. The Morgan fingerprint density at radius 3 is 0.674 bits per heavy atom. The first-order valence-electron chi connectivity index (χ1n) is 18.7. The van der Waals surface area contributed by atoms with Gasteiger partial charge in [0.1, 0.15) is 0 Å². The van der Waals surface area contributed by atoms with E-state index in [0.29, 0.717) is 0 Å². The minimum absolute atomic E-state index is 0.171. The molecule has 2 unspecified atom stereocenters. The molecule has 258 valence electrons. The maximum absolute atomic E-state index is 9.87. The first-order valence-corrected chi connectivity index (χ1v) is 18.7. The van der Waals surface area contributed by atoms with E-state index in [9.17, 15) is 19.8 Å². The molecule has 0 radical (unpaired) electrons. The monoisotopic (exact) mass is 613 g/mol. The molecule has 0 bridgehead atoms. The highest BCUT2D eigenvalue weighted by molar-refractivity contribution is 5.83. The minimum Gasteiger partial charge on any atom is -0.550 e. The number of hydrogen-bond acceptors (Lipinski definition) is 4. The number of carbonyl (C=O) groups is 2. The predicted octanol–water partition coefficient (Wildman–Crippen LogP) is 7.13. The van der Waals surface area contributed by atoms with E-state index in [0.717, 1.165) is 0 Å². The first-order chi connectivity index (χ1) is 20.6. The molecule has 0 amide bonds. The molecular formula is C37H76N2O4. The molecule has 1 saturated carbocycles. The number of nitrogens with zero attached hydrogens (tertiary/aromatic N) is 2. The van der Waals surface area contributed by atoms with E-state index >= 15 is 0 Å². The summed E-state index contributed by atoms with van der Waals surface area (Å²) in [7, 11) is 0. The molecule has 0 aliphatic heterocycles. The fourth-order valence-corrected chi connectivity index (χ4v) is 6.01. The highest BCUT2D eigenvalue weighted by atomic mass is 16.4. The second-order valence-corrected chi connectivity index (χ2v) is 13.4. The zero-order valence-corrected chi connectivity index (χ0v) is 30.4. The number of rotatable bonds is 26. The molecule has 2 atom stereocenters. The lowest BCUT2D eigenvalue weighted by molar-refractivity contribution is -0.929. The smallest absolute Gasteiger partial charge is 0.0786 e. The molecule has 0 aromatic carbocycles. The van der Waals surface area contributed by atoms with Gasteiger partial charge in [0.15, 0.2) is 0 Å². The van der Waals surface area contributed by atoms with Gasteiger partial charge >= 0.3 is 0 Å². The van der Waals surface area contributed by atoms with Crippen molar-refractivity contribution in [2.75, 3.05) is 52.4 Å². The van der Waals surface area contributed by atoms with Crippen LogP contribution in [0.25, 0.3) is 0 Å². The van der Waals surface area contributed by atoms with Gasteiger partial charge in [-0.15, -0.1) is 0 Å². The van der Waals surface area contributed by atoms with Crippen LogP contribution in [0.3, 0.4) is 0 Å². The topological polar surface area (TPSA) is 80.3 Å². The third-order valence-electron chi connectivity index (χ3n) is 9.28. The van der Waals surface area contributed by atoms with Crippen LogP contribution in [0, 0.1) is 11.8 Å². The van der Waals surface area contributed by atoms with Crippen LogP contribution in [0.5, 0.6) is 0 Å². The van der Waals surface area contributed by atoms with Crippen LogP contribution in [0.15, 0.2) is 0 Å². The summed E-state index contributed by atoms with van der Waals surface area (Å²) in [5.41, 5.74) is 0. The van der Waals surface area contributed by atoms with Gasteiger partial charge in [-0.25, -0.2) is 0 Å². The van der Waals surface area contributed by atoms with Crippen molar-refractivity contribution < 1.29 is 28.8 Å². The number of hydrogen-bond donors (Lipinski definition) is 0. The second kappa shape index (κ2) is 28.3. The molecule has 1 aliphatic rings. The van der Waals surface area contributed by atoms with E-state index in [-0.39, 0.29) is 6.42 Å². The Kier molecular flexibility index (Phi) is 29.0. The molecule has 0 aromatic heterocycles. The standard InChI is InChI=1S/2C16H36N.C5H6O4/c2*1-5-9-13-17(14-10-6-2,15-11-7-3)16-12-8-4;6-4(7)2-1-3(2)5(8)9/h2*5-16H2,1-4H3;2-3H,1H2,(H,6,7)(H,8,9)/q2*+1;/p-2. The van der Waals surface area contributed by atoms with E-state index in [1.54, 1.807) is 0 Å². The molecule has 0 heterocycles. The lowest BCUT2D eigenvalue weighted by Gasteiger charge is -2.39. The zero-order valence-electron chi connectivity index (χ0n) is 30.4. The van der Waals surface area contributed by atoms with Gasteiger partial charge in [0.05, 0.1) is 52.4 Å². The van der Waals surface area contributed by atoms with Crippen LogP contribution in [0.1, 0.15) is 165 Å². The summed E-state index contributed by atoms with van der Waals surface area (Å²) in [5, 5.41) is 19.7. The molecule has 0 saturated heterocycles. The van der Waals surface area contributed by atoms with Crippen LogP contribution < -0.4 is 10.2 Å². The van der Waals surface area contributed by atoms with E-state index < -0.39 is 23.8 Å². The summed E-state index contributed by atoms with van der Waals surface area (Å²) in [5.74, 6) is -4.17. The normalized spacial score (nSPS) is 16.1. The van der Waals surface area contributed by atoms with E-state index in [4.69, 9.17) is 0 Å². The average molecular weight is 613 g/mol. The highest BCUT2D eigenvalue weighted by Gasteiger charge is 2.39. The largest absolute Gasteiger partial charge is 0.550 e. The molecule has 1 fully saturated rings. The lowest BCUT2D eigenvalue weighted by Crippen LogP contribution is -2.50. The van der Waals surface area contributed by atoms with Crippen molar-refractivity contribution >= 4 is 11.9 Å². The zero-order chi connectivity index (χ0) is 33.0. The Labute approximate surface area is 269 Å². The van der Waals surface area contributed by atoms with Gasteiger partial charge in [-0.3, -0.25) is 0 Å². The minimum atomic E-state index is -1.29. The third-order valence-corrected chi connectivity index (χ3v) is 9.28. The maximum atomic E-state index is 9.87. The molecule has 0 N–H and O–H groups in total. The Morgan fingerprint density at radius 1 is 0.419 bits per heavy atom. The van der Waals surface area contributed by atoms with Crippen LogP contribution in [0.4, 0.5) is 0 Å². The molecular weight excluding hydrogens is 536 g/mol. The summed E-state index contributed by atoms with van der Waals surface area (Å²) in [6, 6.07) is 0. The Bertz CT molecular complexity index is 526. The van der Waals surface area contributed by atoms with Crippen molar-refractivity contribution in [3.8, 4) is 0 Å². The van der Waals surface area contributed by atoms with Crippen molar-refractivity contribution in [3.63, 3.8) is 0 Å². The fraction of sp³-hybridized carbons (Fsp3) is 0.946. The number of aliphatic carboxylic acids is 2. The quantitative estimate of drug-likeness (QED) is 0.0974. The van der Waals surface area contributed by atoms with Crippen molar-refractivity contribution in [1.82, 2.24) is 0 Å². The maximum Gasteiger partial charge on any atom is 0.0786 e. The fourth-order valence-electron chi connectivity index (χ4n) is 6.01. The molecule has 43 heavy (non-hydrogen) atoms. The van der Waals surface area contributed by atoms with E-state index in [2.05, 4.69) is 55.4 Å². The second-order valence-electron chi connectivity index (χ2n) is 13.4. The first kappa shape index (κ1) is 44.0. The van der Waals surface area contributed by atoms with Crippen molar-refractivity contribution in [1.29, 1.82) is 0 Å². The Balaban J connectivity index is 0. The predicted molar refractivity (Wildman–Crippen MR) is 180 cm³/mol. The van der Waals surface area contributed by atoms with Crippen molar-refractivity contribution in [2.24, 2.45) is 11.8 Å². The van der Waals surface area contributed by atoms with Gasteiger partial charge in [-0.1, -0.05) is 107 Å². The summed E-state index contributed by atoms with van der Waals surface area (Å²) in [6.07, 6.45) is 22.3. The lowest BCUT2D eigenvalue weighted by atomic mass is 10.1. The van der Waals surface area contributed by atoms with Gasteiger partial charge in [-0.05, 0) is 57.8 Å². The van der Waals surface area contributed by atoms with Crippen molar-refractivity contribution in [2.45, 2.75) is 165 Å². The number of carboxylic acid groups (broad SMARTS) is 2. The SMILES string of the molecule is CCCC[N+](CCCC)(CCCC)CCCC.CCCC[N+](CCCC)(CCCC)CCCC.O=C([O-])C1CC1C(=O)[O-]. The Morgan fingerprint density at radius 2 is 0.581 bits per heavy atom. The van der Waals surface area contributed by atoms with E-state index in [1.807, 2.05) is 0 Å². The third kappa shape index (κ3) is 22.1. The summed E-state index contributed by atoms with van der Waals surface area (Å²) in [4.78, 5) is 19.7. The number of carbonyl (C=O) groups excluding carboxylic acids is 2. The number of quaternary nitrogens is 2.